The number of hydrogen-bond donors (Lipinski definition) is 2. The van der Waals surface area contributed by atoms with E-state index >= 15 is 0 Å². The largest absolute Gasteiger partial charge is 0.481 e. The summed E-state index contributed by atoms with van der Waals surface area (Å²) in [7, 11) is 0. The summed E-state index contributed by atoms with van der Waals surface area (Å²) < 4.78 is 6.03. The van der Waals surface area contributed by atoms with E-state index in [9.17, 15) is 24.6 Å². The zero-order valence-corrected chi connectivity index (χ0v) is 28.7. The van der Waals surface area contributed by atoms with Gasteiger partial charge < -0.3 is 24.7 Å². The van der Waals surface area contributed by atoms with Gasteiger partial charge in [-0.15, -0.1) is 0 Å². The molecular formula is C37H58N2O6. The minimum Gasteiger partial charge on any atom is -0.481 e. The van der Waals surface area contributed by atoms with Gasteiger partial charge in [0.2, 0.25) is 5.91 Å². The minimum atomic E-state index is -0.617. The first-order valence-electron chi connectivity index (χ1n) is 17.8. The molecule has 0 aromatic rings. The highest BCUT2D eigenvalue weighted by Crippen LogP contribution is 2.77. The third kappa shape index (κ3) is 4.57. The van der Waals surface area contributed by atoms with Crippen LogP contribution in [0.2, 0.25) is 0 Å². The summed E-state index contributed by atoms with van der Waals surface area (Å²) in [4.78, 5) is 41.3. The number of aliphatic carboxylic acids is 1. The van der Waals surface area contributed by atoms with Crippen LogP contribution in [0.4, 0.5) is 4.79 Å². The lowest BCUT2D eigenvalue weighted by Crippen LogP contribution is -2.67. The molecule has 5 saturated carbocycles. The summed E-state index contributed by atoms with van der Waals surface area (Å²) >= 11 is 0. The van der Waals surface area contributed by atoms with Crippen molar-refractivity contribution in [2.24, 2.45) is 56.7 Å². The Morgan fingerprint density at radius 3 is 2.09 bits per heavy atom. The summed E-state index contributed by atoms with van der Waals surface area (Å²) in [5.41, 5.74) is 0.122. The van der Waals surface area contributed by atoms with Crippen LogP contribution in [0.25, 0.3) is 0 Å². The average molecular weight is 627 g/mol. The Hall–Kier alpha value is -2.09. The lowest BCUT2D eigenvalue weighted by atomic mass is 9.32. The van der Waals surface area contributed by atoms with Gasteiger partial charge >= 0.3 is 12.1 Å². The van der Waals surface area contributed by atoms with Gasteiger partial charge in [0.1, 0.15) is 6.61 Å². The Morgan fingerprint density at radius 1 is 0.800 bits per heavy atom. The molecule has 6 aliphatic rings. The lowest BCUT2D eigenvalue weighted by Gasteiger charge is -2.72. The maximum Gasteiger partial charge on any atom is 0.409 e. The summed E-state index contributed by atoms with van der Waals surface area (Å²) in [6.45, 7) is 19.9. The fourth-order valence-electron chi connectivity index (χ4n) is 13.0. The van der Waals surface area contributed by atoms with Crippen molar-refractivity contribution in [2.45, 2.75) is 112 Å². The summed E-state index contributed by atoms with van der Waals surface area (Å²) in [5.74, 6) is 0.947. The number of fused-ring (bicyclic) bond motifs is 7. The monoisotopic (exact) mass is 626 g/mol. The van der Waals surface area contributed by atoms with E-state index in [4.69, 9.17) is 4.74 Å². The smallest absolute Gasteiger partial charge is 0.409 e. The fourth-order valence-corrected chi connectivity index (χ4v) is 13.0. The molecule has 8 heteroatoms. The first kappa shape index (κ1) is 32.8. The molecule has 11 atom stereocenters. The van der Waals surface area contributed by atoms with Crippen LogP contribution in [0.15, 0.2) is 12.2 Å². The maximum absolute atomic E-state index is 13.2. The number of rotatable bonds is 4. The van der Waals surface area contributed by atoms with E-state index in [1.54, 1.807) is 16.7 Å². The van der Waals surface area contributed by atoms with Crippen LogP contribution >= 0.6 is 0 Å². The Labute approximate surface area is 270 Å². The number of ether oxygens (including phenoxy) is 1. The fraction of sp³-hybridized carbons (Fsp3) is 0.865. The highest BCUT2D eigenvalue weighted by Gasteiger charge is 2.72. The van der Waals surface area contributed by atoms with Crippen molar-refractivity contribution in [3.8, 4) is 0 Å². The Morgan fingerprint density at radius 2 is 1.47 bits per heavy atom. The molecule has 5 aliphatic carbocycles. The number of hydrogen-bond acceptors (Lipinski definition) is 5. The van der Waals surface area contributed by atoms with Crippen LogP contribution in [0, 0.1) is 56.7 Å². The van der Waals surface area contributed by atoms with Gasteiger partial charge in [0.05, 0.1) is 11.5 Å². The number of carbonyl (C=O) groups excluding carboxylic acids is 2. The molecule has 45 heavy (non-hydrogen) atoms. The molecule has 2 amide bonds. The molecule has 0 aromatic carbocycles. The Bertz CT molecular complexity index is 1250. The van der Waals surface area contributed by atoms with E-state index < -0.39 is 22.9 Å². The van der Waals surface area contributed by atoms with Gasteiger partial charge in [-0.3, -0.25) is 9.59 Å². The number of allylic oxidation sites excluding steroid dienone is 1. The first-order valence-corrected chi connectivity index (χ1v) is 17.8. The number of piperazine rings is 1. The van der Waals surface area contributed by atoms with Crippen LogP contribution < -0.4 is 0 Å². The number of carboxylic acids is 1. The van der Waals surface area contributed by atoms with Crippen LogP contribution in [-0.2, 0) is 14.3 Å². The van der Waals surface area contributed by atoms with Crippen molar-refractivity contribution in [1.82, 2.24) is 9.80 Å². The number of amides is 2. The molecule has 1 saturated heterocycles. The molecular weight excluding hydrogens is 568 g/mol. The molecule has 1 heterocycles. The number of aliphatic hydroxyl groups is 1. The van der Waals surface area contributed by atoms with Crippen molar-refractivity contribution < 1.29 is 29.3 Å². The molecule has 252 valence electrons. The van der Waals surface area contributed by atoms with Gasteiger partial charge in [-0.1, -0.05) is 39.8 Å². The molecule has 1 aliphatic heterocycles. The predicted molar refractivity (Wildman–Crippen MR) is 172 cm³/mol. The second-order valence-electron chi connectivity index (χ2n) is 17.3. The maximum atomic E-state index is 13.2. The van der Waals surface area contributed by atoms with E-state index in [0.717, 1.165) is 63.4 Å². The molecule has 0 spiro atoms. The van der Waals surface area contributed by atoms with Crippen molar-refractivity contribution in [2.75, 3.05) is 32.8 Å². The summed E-state index contributed by atoms with van der Waals surface area (Å²) in [6, 6.07) is 0. The number of carbonyl (C=O) groups is 3. The number of aliphatic hydroxyl groups excluding tert-OH is 1. The highest BCUT2D eigenvalue weighted by molar-refractivity contribution is 5.76. The Kier molecular flexibility index (Phi) is 8.01. The van der Waals surface area contributed by atoms with E-state index in [1.807, 2.05) is 0 Å². The van der Waals surface area contributed by atoms with Crippen molar-refractivity contribution >= 4 is 18.0 Å². The SMILES string of the molecule is C=C(C)[C@@H]1CC[C@]2(C(=O)O)CC[C@]3(C)C(CCC4[C@@]5(C)CC[C@H](O)[C@@](C)(COC(=O)N6CCN(C(C)=O)CC6)C5CC[C@]43C)C12. The van der Waals surface area contributed by atoms with E-state index in [1.165, 1.54) is 0 Å². The third-order valence-electron chi connectivity index (χ3n) is 15.8. The van der Waals surface area contributed by atoms with Crippen molar-refractivity contribution in [3.05, 3.63) is 12.2 Å². The van der Waals surface area contributed by atoms with Crippen molar-refractivity contribution in [1.29, 1.82) is 0 Å². The quantitative estimate of drug-likeness (QED) is 0.351. The minimum absolute atomic E-state index is 0.000749. The van der Waals surface area contributed by atoms with Gasteiger partial charge in [0.25, 0.3) is 0 Å². The predicted octanol–water partition coefficient (Wildman–Crippen LogP) is 6.37. The van der Waals surface area contributed by atoms with Crippen LogP contribution in [0.3, 0.4) is 0 Å². The third-order valence-corrected chi connectivity index (χ3v) is 15.8. The number of carboxylic acid groups (broad SMARTS) is 1. The first-order chi connectivity index (χ1) is 21.0. The van der Waals surface area contributed by atoms with Gasteiger partial charge in [0, 0.05) is 38.5 Å². The van der Waals surface area contributed by atoms with E-state index in [2.05, 4.69) is 41.2 Å². The van der Waals surface area contributed by atoms with Gasteiger partial charge in [0.15, 0.2) is 0 Å². The molecule has 0 bridgehead atoms. The standard InChI is InChI=1S/C37H58N2O6/c1-23(2)25-10-15-37(31(42)43)17-16-35(6)26(30(25)37)8-9-28-33(4)13-12-29(41)34(5,27(33)11-14-36(28,35)7)22-45-32(44)39-20-18-38(19-21-39)24(3)40/h25-30,41H,1,8-22H2,2-7H3,(H,42,43)/t25-,26?,27?,28?,29-,30?,33-,34-,35+,36+,37-/m0/s1. The average Bonchev–Trinajstić information content (AvgIpc) is 3.40. The number of nitrogens with zero attached hydrogens (tertiary/aromatic N) is 2. The zero-order chi connectivity index (χ0) is 32.7. The Balaban J connectivity index is 1.24. The van der Waals surface area contributed by atoms with Gasteiger partial charge in [-0.25, -0.2) is 4.79 Å². The molecule has 2 N–H and O–H groups in total. The summed E-state index contributed by atoms with van der Waals surface area (Å²) in [6.07, 6.45) is 8.42. The molecule has 8 nitrogen and oxygen atoms in total. The lowest BCUT2D eigenvalue weighted by molar-refractivity contribution is -0.254. The highest BCUT2D eigenvalue weighted by atomic mass is 16.6. The molecule has 4 unspecified atom stereocenters. The zero-order valence-electron chi connectivity index (χ0n) is 28.7. The van der Waals surface area contributed by atoms with E-state index in [0.29, 0.717) is 44.4 Å². The van der Waals surface area contributed by atoms with Gasteiger partial charge in [-0.2, -0.15) is 0 Å². The van der Waals surface area contributed by atoms with Crippen LogP contribution in [0.5, 0.6) is 0 Å². The normalized spacial score (nSPS) is 47.5. The van der Waals surface area contributed by atoms with E-state index in [-0.39, 0.29) is 52.6 Å². The molecule has 6 rings (SSSR count). The molecule has 0 radical (unpaired) electrons. The van der Waals surface area contributed by atoms with Gasteiger partial charge in [-0.05, 0) is 117 Å². The van der Waals surface area contributed by atoms with Crippen LogP contribution in [0.1, 0.15) is 106 Å². The van der Waals surface area contributed by atoms with Crippen molar-refractivity contribution in [3.63, 3.8) is 0 Å². The molecule has 6 fully saturated rings. The van der Waals surface area contributed by atoms with Crippen LogP contribution in [-0.4, -0.2) is 76.9 Å². The topological polar surface area (TPSA) is 107 Å². The molecule has 0 aromatic heterocycles. The summed E-state index contributed by atoms with van der Waals surface area (Å²) in [5, 5.41) is 22.2. The second-order valence-corrected chi connectivity index (χ2v) is 17.3. The second kappa shape index (κ2) is 11.0.